The van der Waals surface area contributed by atoms with Crippen molar-refractivity contribution in [3.63, 3.8) is 0 Å². The molecule has 0 fully saturated rings. The van der Waals surface area contributed by atoms with Crippen molar-refractivity contribution < 1.29 is 9.53 Å². The average molecular weight is 192 g/mol. The monoisotopic (exact) mass is 192 g/mol. The predicted octanol–water partition coefficient (Wildman–Crippen LogP) is 2.30. The van der Waals surface area contributed by atoms with Crippen molar-refractivity contribution in [2.24, 2.45) is 5.41 Å². The quantitative estimate of drug-likeness (QED) is 0.627. The molecule has 1 aliphatic rings. The molecule has 0 N–H and O–H groups in total. The lowest BCUT2D eigenvalue weighted by Gasteiger charge is -2.36. The first-order valence-electron chi connectivity index (χ1n) is 4.78. The molecule has 2 heteroatoms. The SMILES string of the molecule is C=C1C=CC(=C=O)C(C)(C)C1OCC. The highest BCUT2D eigenvalue weighted by molar-refractivity contribution is 5.63. The molecular weight excluding hydrogens is 176 g/mol. The van der Waals surface area contributed by atoms with Crippen molar-refractivity contribution in [2.45, 2.75) is 26.9 Å². The summed E-state index contributed by atoms with van der Waals surface area (Å²) in [6.07, 6.45) is 3.48. The van der Waals surface area contributed by atoms with Gasteiger partial charge < -0.3 is 4.74 Å². The summed E-state index contributed by atoms with van der Waals surface area (Å²) in [6, 6.07) is 0. The third-order valence-corrected chi connectivity index (χ3v) is 2.59. The van der Waals surface area contributed by atoms with E-state index >= 15 is 0 Å². The highest BCUT2D eigenvalue weighted by Gasteiger charge is 2.37. The minimum Gasteiger partial charge on any atom is -0.373 e. The Morgan fingerprint density at radius 1 is 1.57 bits per heavy atom. The zero-order chi connectivity index (χ0) is 10.8. The topological polar surface area (TPSA) is 26.3 Å². The van der Waals surface area contributed by atoms with Crippen molar-refractivity contribution in [1.29, 1.82) is 0 Å². The van der Waals surface area contributed by atoms with E-state index in [9.17, 15) is 4.79 Å². The van der Waals surface area contributed by atoms with Gasteiger partial charge in [0.2, 0.25) is 0 Å². The smallest absolute Gasteiger partial charge is 0.128 e. The normalized spacial score (nSPS) is 24.9. The van der Waals surface area contributed by atoms with Gasteiger partial charge in [-0.1, -0.05) is 26.5 Å². The summed E-state index contributed by atoms with van der Waals surface area (Å²) < 4.78 is 5.59. The molecule has 0 aromatic rings. The second-order valence-electron chi connectivity index (χ2n) is 3.98. The van der Waals surface area contributed by atoms with Gasteiger partial charge in [0.05, 0.1) is 6.10 Å². The summed E-state index contributed by atoms with van der Waals surface area (Å²) in [6.45, 7) is 10.4. The highest BCUT2D eigenvalue weighted by Crippen LogP contribution is 2.38. The van der Waals surface area contributed by atoms with Crippen molar-refractivity contribution in [2.75, 3.05) is 6.61 Å². The molecule has 0 radical (unpaired) electrons. The van der Waals surface area contributed by atoms with E-state index in [0.29, 0.717) is 12.2 Å². The molecule has 1 unspecified atom stereocenters. The van der Waals surface area contributed by atoms with E-state index in [1.165, 1.54) is 0 Å². The Labute approximate surface area is 85.0 Å². The van der Waals surface area contributed by atoms with E-state index in [1.807, 2.05) is 32.8 Å². The highest BCUT2D eigenvalue weighted by atomic mass is 16.5. The van der Waals surface area contributed by atoms with E-state index in [4.69, 9.17) is 4.74 Å². The molecule has 2 nitrogen and oxygen atoms in total. The molecule has 1 rings (SSSR count). The molecule has 0 bridgehead atoms. The van der Waals surface area contributed by atoms with Gasteiger partial charge in [-0.3, -0.25) is 0 Å². The van der Waals surface area contributed by atoms with E-state index in [1.54, 1.807) is 6.08 Å². The first kappa shape index (κ1) is 11.0. The maximum atomic E-state index is 10.7. The van der Waals surface area contributed by atoms with Crippen LogP contribution in [0.5, 0.6) is 0 Å². The van der Waals surface area contributed by atoms with Crippen molar-refractivity contribution in [1.82, 2.24) is 0 Å². The van der Waals surface area contributed by atoms with Gasteiger partial charge in [-0.15, -0.1) is 0 Å². The standard InChI is InChI=1S/C12H16O2/c1-5-14-11-9(2)6-7-10(8-13)12(11,3)4/h6-7,11H,2,5H2,1,3-4H3. The summed E-state index contributed by atoms with van der Waals surface area (Å²) in [5, 5.41) is 0. The molecular formula is C12H16O2. The lowest BCUT2D eigenvalue weighted by atomic mass is 9.73. The average Bonchev–Trinajstić information content (AvgIpc) is 2.12. The van der Waals surface area contributed by atoms with Gasteiger partial charge in [-0.2, -0.15) is 0 Å². The lowest BCUT2D eigenvalue weighted by Crippen LogP contribution is -2.36. The summed E-state index contributed by atoms with van der Waals surface area (Å²) in [5.74, 6) is 1.96. The molecule has 0 amide bonds. The number of hydrogen-bond acceptors (Lipinski definition) is 2. The third-order valence-electron chi connectivity index (χ3n) is 2.59. The molecule has 0 heterocycles. The van der Waals surface area contributed by atoms with E-state index < -0.39 is 0 Å². The first-order chi connectivity index (χ1) is 6.54. The Kier molecular flexibility index (Phi) is 3.10. The molecule has 1 atom stereocenters. The molecule has 14 heavy (non-hydrogen) atoms. The van der Waals surface area contributed by atoms with Gasteiger partial charge in [0, 0.05) is 17.6 Å². The number of rotatable bonds is 2. The van der Waals surface area contributed by atoms with Crippen molar-refractivity contribution in [3.8, 4) is 0 Å². The van der Waals surface area contributed by atoms with Gasteiger partial charge in [0.1, 0.15) is 5.94 Å². The van der Waals surface area contributed by atoms with Gasteiger partial charge in [0.15, 0.2) is 0 Å². The number of hydrogen-bond donors (Lipinski definition) is 0. The van der Waals surface area contributed by atoms with Crippen LogP contribution < -0.4 is 0 Å². The second kappa shape index (κ2) is 3.95. The zero-order valence-electron chi connectivity index (χ0n) is 8.96. The van der Waals surface area contributed by atoms with Crippen LogP contribution in [0.25, 0.3) is 0 Å². The molecule has 0 spiro atoms. The molecule has 0 saturated carbocycles. The fraction of sp³-hybridized carbons (Fsp3) is 0.500. The molecule has 0 aromatic heterocycles. The van der Waals surface area contributed by atoms with Crippen molar-refractivity contribution in [3.05, 3.63) is 29.9 Å². The molecule has 0 saturated heterocycles. The fourth-order valence-electron chi connectivity index (χ4n) is 1.74. The van der Waals surface area contributed by atoms with Crippen LogP contribution in [0, 0.1) is 5.41 Å². The summed E-state index contributed by atoms with van der Waals surface area (Å²) >= 11 is 0. The van der Waals surface area contributed by atoms with Crippen LogP contribution >= 0.6 is 0 Å². The zero-order valence-corrected chi connectivity index (χ0v) is 8.96. The molecule has 1 aliphatic carbocycles. The van der Waals surface area contributed by atoms with Gasteiger partial charge in [-0.25, -0.2) is 4.79 Å². The molecule has 0 aromatic carbocycles. The van der Waals surface area contributed by atoms with E-state index in [0.717, 1.165) is 5.57 Å². The van der Waals surface area contributed by atoms with Gasteiger partial charge in [0.25, 0.3) is 0 Å². The summed E-state index contributed by atoms with van der Waals surface area (Å²) in [7, 11) is 0. The van der Waals surface area contributed by atoms with Gasteiger partial charge >= 0.3 is 0 Å². The summed E-state index contributed by atoms with van der Waals surface area (Å²) in [4.78, 5) is 10.7. The van der Waals surface area contributed by atoms with E-state index in [2.05, 4.69) is 6.58 Å². The van der Waals surface area contributed by atoms with Crippen LogP contribution in [0.15, 0.2) is 29.9 Å². The third kappa shape index (κ3) is 1.72. The largest absolute Gasteiger partial charge is 0.373 e. The Morgan fingerprint density at radius 2 is 2.21 bits per heavy atom. The number of ether oxygens (including phenoxy) is 1. The van der Waals surface area contributed by atoms with Crippen LogP contribution in [-0.2, 0) is 9.53 Å². The van der Waals surface area contributed by atoms with Crippen LogP contribution in [0.3, 0.4) is 0 Å². The van der Waals surface area contributed by atoms with Crippen LogP contribution in [0.4, 0.5) is 0 Å². The Bertz CT molecular complexity index is 317. The maximum Gasteiger partial charge on any atom is 0.128 e. The Hall–Kier alpha value is -1.11. The minimum absolute atomic E-state index is 0.117. The number of allylic oxidation sites excluding steroid dienone is 1. The van der Waals surface area contributed by atoms with Gasteiger partial charge in [-0.05, 0) is 18.6 Å². The van der Waals surface area contributed by atoms with Crippen molar-refractivity contribution >= 4 is 5.94 Å². The maximum absolute atomic E-state index is 10.7. The van der Waals surface area contributed by atoms with Crippen LogP contribution in [0.2, 0.25) is 0 Å². The van der Waals surface area contributed by atoms with Crippen LogP contribution in [-0.4, -0.2) is 18.7 Å². The molecule has 0 aliphatic heterocycles. The second-order valence-corrected chi connectivity index (χ2v) is 3.98. The predicted molar refractivity (Wildman–Crippen MR) is 56.7 cm³/mol. The fourth-order valence-corrected chi connectivity index (χ4v) is 1.74. The van der Waals surface area contributed by atoms with Crippen LogP contribution in [0.1, 0.15) is 20.8 Å². The minimum atomic E-state index is -0.330. The lowest BCUT2D eigenvalue weighted by molar-refractivity contribution is 0.0250. The Balaban J connectivity index is 3.11. The first-order valence-corrected chi connectivity index (χ1v) is 4.78. The Morgan fingerprint density at radius 3 is 2.71 bits per heavy atom. The van der Waals surface area contributed by atoms with E-state index in [-0.39, 0.29) is 11.5 Å². The molecule has 76 valence electrons. The summed E-state index contributed by atoms with van der Waals surface area (Å²) in [5.41, 5.74) is 1.23. The number of carbonyl (C=O) groups excluding carboxylic acids is 1.